The second kappa shape index (κ2) is 10.0. The summed E-state index contributed by atoms with van der Waals surface area (Å²) in [6.07, 6.45) is 3.48. The Bertz CT molecular complexity index is 571. The van der Waals surface area contributed by atoms with Crippen LogP contribution in [0.2, 0.25) is 0 Å². The van der Waals surface area contributed by atoms with Crippen molar-refractivity contribution in [1.82, 2.24) is 5.32 Å². The third kappa shape index (κ3) is 5.19. The van der Waals surface area contributed by atoms with Crippen molar-refractivity contribution >= 4 is 45.8 Å². The number of carbonyl (C=O) groups is 2. The van der Waals surface area contributed by atoms with Crippen molar-refractivity contribution in [3.05, 3.63) is 28.7 Å². The number of anilines is 1. The molecule has 2 unspecified atom stereocenters. The molecule has 0 aliphatic carbocycles. The van der Waals surface area contributed by atoms with Crippen molar-refractivity contribution in [3.63, 3.8) is 0 Å². The fraction of sp³-hybridized carbons (Fsp3) is 0.529. The number of benzene rings is 1. The van der Waals surface area contributed by atoms with Crippen LogP contribution in [-0.2, 0) is 9.59 Å². The molecule has 2 atom stereocenters. The van der Waals surface area contributed by atoms with Gasteiger partial charge in [-0.1, -0.05) is 41.8 Å². The van der Waals surface area contributed by atoms with E-state index in [9.17, 15) is 9.59 Å². The van der Waals surface area contributed by atoms with Crippen LogP contribution >= 0.6 is 28.3 Å². The molecule has 0 spiro atoms. The van der Waals surface area contributed by atoms with Gasteiger partial charge >= 0.3 is 0 Å². The van der Waals surface area contributed by atoms with Crippen molar-refractivity contribution in [1.29, 1.82) is 0 Å². The molecule has 1 saturated heterocycles. The quantitative estimate of drug-likeness (QED) is 0.669. The van der Waals surface area contributed by atoms with E-state index in [0.29, 0.717) is 19.5 Å². The van der Waals surface area contributed by atoms with Crippen LogP contribution in [0.4, 0.5) is 5.69 Å². The fourth-order valence-electron chi connectivity index (χ4n) is 2.82. The first-order chi connectivity index (χ1) is 11.1. The minimum Gasteiger partial charge on any atom is -0.351 e. The first-order valence-corrected chi connectivity index (χ1v) is 8.93. The van der Waals surface area contributed by atoms with Gasteiger partial charge in [-0.2, -0.15) is 0 Å². The maximum absolute atomic E-state index is 12.6. The number of amides is 2. The third-order valence-corrected chi connectivity index (χ3v) is 4.67. The summed E-state index contributed by atoms with van der Waals surface area (Å²) in [7, 11) is 0. The molecule has 5 nitrogen and oxygen atoms in total. The van der Waals surface area contributed by atoms with Gasteiger partial charge in [0.05, 0.1) is 0 Å². The highest BCUT2D eigenvalue weighted by molar-refractivity contribution is 9.10. The summed E-state index contributed by atoms with van der Waals surface area (Å²) in [5.74, 6) is -0.935. The molecule has 1 heterocycles. The largest absolute Gasteiger partial charge is 0.351 e. The number of hydrogen-bond donors (Lipinski definition) is 2. The minimum absolute atomic E-state index is 0. The van der Waals surface area contributed by atoms with Crippen LogP contribution in [0, 0.1) is 5.92 Å². The van der Waals surface area contributed by atoms with E-state index in [0.717, 1.165) is 29.4 Å². The van der Waals surface area contributed by atoms with E-state index in [1.807, 2.05) is 24.3 Å². The Morgan fingerprint density at radius 3 is 2.88 bits per heavy atom. The monoisotopic (exact) mass is 417 g/mol. The highest BCUT2D eigenvalue weighted by Gasteiger charge is 2.38. The van der Waals surface area contributed by atoms with Gasteiger partial charge in [0.25, 0.3) is 0 Å². The van der Waals surface area contributed by atoms with Gasteiger partial charge in [-0.3, -0.25) is 9.59 Å². The van der Waals surface area contributed by atoms with Gasteiger partial charge in [0.1, 0.15) is 5.92 Å². The standard InChI is InChI=1S/C17H24BrN3O2.ClH/c1-2-3-6-13(11-19)20-16(22)15-8-9-21(17(15)23)14-7-4-5-12(18)10-14;/h4-5,7,10,13,15H,2-3,6,8-9,11,19H2,1H3,(H,20,22);1H. The smallest absolute Gasteiger partial charge is 0.239 e. The molecule has 1 aromatic carbocycles. The Labute approximate surface area is 157 Å². The first kappa shape index (κ1) is 20.9. The van der Waals surface area contributed by atoms with E-state index in [4.69, 9.17) is 5.73 Å². The van der Waals surface area contributed by atoms with Crippen molar-refractivity contribution in [2.45, 2.75) is 38.6 Å². The summed E-state index contributed by atoms with van der Waals surface area (Å²) in [6.45, 7) is 3.07. The first-order valence-electron chi connectivity index (χ1n) is 8.14. The average molecular weight is 419 g/mol. The van der Waals surface area contributed by atoms with Gasteiger partial charge in [-0.25, -0.2) is 0 Å². The Morgan fingerprint density at radius 1 is 1.50 bits per heavy atom. The maximum atomic E-state index is 12.6. The number of rotatable bonds is 7. The van der Waals surface area contributed by atoms with Crippen molar-refractivity contribution in [3.8, 4) is 0 Å². The molecule has 1 aromatic rings. The number of hydrogen-bond acceptors (Lipinski definition) is 3. The van der Waals surface area contributed by atoms with Crippen molar-refractivity contribution in [2.24, 2.45) is 11.7 Å². The van der Waals surface area contributed by atoms with Crippen LogP contribution in [0.1, 0.15) is 32.6 Å². The second-order valence-corrected chi connectivity index (χ2v) is 6.81. The van der Waals surface area contributed by atoms with Gasteiger partial charge in [0, 0.05) is 29.3 Å². The highest BCUT2D eigenvalue weighted by Crippen LogP contribution is 2.27. The second-order valence-electron chi connectivity index (χ2n) is 5.89. The lowest BCUT2D eigenvalue weighted by Gasteiger charge is -2.20. The molecule has 134 valence electrons. The molecule has 1 aliphatic heterocycles. The summed E-state index contributed by atoms with van der Waals surface area (Å²) in [6, 6.07) is 7.52. The van der Waals surface area contributed by atoms with E-state index >= 15 is 0 Å². The van der Waals surface area contributed by atoms with Gasteiger partial charge in [-0.15, -0.1) is 12.4 Å². The predicted octanol–water partition coefficient (Wildman–Crippen LogP) is 2.86. The molecule has 2 amide bonds. The van der Waals surface area contributed by atoms with Crippen molar-refractivity contribution < 1.29 is 9.59 Å². The number of nitrogens with two attached hydrogens (primary N) is 1. The Hall–Kier alpha value is -1.11. The van der Waals surface area contributed by atoms with Gasteiger partial charge in [0.2, 0.25) is 11.8 Å². The normalized spacial score (nSPS) is 18.2. The van der Waals surface area contributed by atoms with Crippen molar-refractivity contribution in [2.75, 3.05) is 18.0 Å². The molecule has 0 radical (unpaired) electrons. The molecule has 0 saturated carbocycles. The highest BCUT2D eigenvalue weighted by atomic mass is 79.9. The molecular weight excluding hydrogens is 394 g/mol. The summed E-state index contributed by atoms with van der Waals surface area (Å²) >= 11 is 3.41. The van der Waals surface area contributed by atoms with Gasteiger partial charge < -0.3 is 16.0 Å². The van der Waals surface area contributed by atoms with E-state index in [-0.39, 0.29) is 30.3 Å². The maximum Gasteiger partial charge on any atom is 0.239 e. The molecule has 1 aliphatic rings. The van der Waals surface area contributed by atoms with Crippen LogP contribution < -0.4 is 16.0 Å². The molecule has 0 aromatic heterocycles. The molecule has 24 heavy (non-hydrogen) atoms. The summed E-state index contributed by atoms with van der Waals surface area (Å²) in [4.78, 5) is 26.6. The van der Waals surface area contributed by atoms with E-state index in [2.05, 4.69) is 28.2 Å². The SMILES string of the molecule is CCCCC(CN)NC(=O)C1CCN(c2cccc(Br)c2)C1=O.Cl. The molecule has 7 heteroatoms. The van der Waals surface area contributed by atoms with Crippen LogP contribution in [0.25, 0.3) is 0 Å². The van der Waals surface area contributed by atoms with Crippen LogP contribution in [0.3, 0.4) is 0 Å². The molecular formula is C17H25BrClN3O2. The number of nitrogens with zero attached hydrogens (tertiary/aromatic N) is 1. The van der Waals surface area contributed by atoms with Crippen LogP contribution in [0.15, 0.2) is 28.7 Å². The summed E-state index contributed by atoms with van der Waals surface area (Å²) in [5, 5.41) is 2.94. The number of nitrogens with one attached hydrogen (secondary N) is 1. The lowest BCUT2D eigenvalue weighted by atomic mass is 10.1. The fourth-order valence-corrected chi connectivity index (χ4v) is 3.21. The van der Waals surface area contributed by atoms with E-state index in [1.54, 1.807) is 4.90 Å². The number of carbonyl (C=O) groups excluding carboxylic acids is 2. The van der Waals surface area contributed by atoms with Crippen LogP contribution in [-0.4, -0.2) is 30.9 Å². The lowest BCUT2D eigenvalue weighted by Crippen LogP contribution is -2.45. The zero-order valence-corrected chi connectivity index (χ0v) is 16.2. The lowest BCUT2D eigenvalue weighted by molar-refractivity contribution is -0.132. The van der Waals surface area contributed by atoms with Gasteiger partial charge in [-0.05, 0) is 31.0 Å². The number of unbranched alkanes of at least 4 members (excludes halogenated alkanes) is 1. The summed E-state index contributed by atoms with van der Waals surface area (Å²) < 4.78 is 0.915. The zero-order valence-electron chi connectivity index (χ0n) is 13.8. The van der Waals surface area contributed by atoms with E-state index in [1.165, 1.54) is 0 Å². The van der Waals surface area contributed by atoms with Gasteiger partial charge in [0.15, 0.2) is 0 Å². The summed E-state index contributed by atoms with van der Waals surface area (Å²) in [5.41, 5.74) is 6.54. The van der Waals surface area contributed by atoms with Crippen LogP contribution in [0.5, 0.6) is 0 Å². The average Bonchev–Trinajstić information content (AvgIpc) is 2.93. The Morgan fingerprint density at radius 2 is 2.25 bits per heavy atom. The van der Waals surface area contributed by atoms with E-state index < -0.39 is 5.92 Å². The molecule has 3 N–H and O–H groups in total. The molecule has 1 fully saturated rings. The number of halogens is 2. The molecule has 2 rings (SSSR count). The Balaban J connectivity index is 0.00000288. The Kier molecular flexibility index (Phi) is 8.73. The topological polar surface area (TPSA) is 75.4 Å². The zero-order chi connectivity index (χ0) is 16.8. The predicted molar refractivity (Wildman–Crippen MR) is 102 cm³/mol. The minimum atomic E-state index is -0.607. The third-order valence-electron chi connectivity index (χ3n) is 4.18. The molecule has 0 bridgehead atoms.